The molecule has 0 amide bonds. The van der Waals surface area contributed by atoms with E-state index < -0.39 is 5.69 Å². The fourth-order valence-electron chi connectivity index (χ4n) is 1.36. The predicted molar refractivity (Wildman–Crippen MR) is 62.0 cm³/mol. The topological polar surface area (TPSA) is 67.8 Å². The van der Waals surface area contributed by atoms with Gasteiger partial charge >= 0.3 is 5.69 Å². The summed E-state index contributed by atoms with van der Waals surface area (Å²) >= 11 is 1.50. The van der Waals surface area contributed by atoms with E-state index in [1.807, 2.05) is 12.3 Å². The van der Waals surface area contributed by atoms with Crippen molar-refractivity contribution in [2.24, 2.45) is 0 Å². The van der Waals surface area contributed by atoms with Crippen LogP contribution >= 0.6 is 11.3 Å². The zero-order valence-electron chi connectivity index (χ0n) is 8.98. The molecule has 0 aliphatic heterocycles. The number of rotatable bonds is 2. The summed E-state index contributed by atoms with van der Waals surface area (Å²) in [5.74, 6) is 0. The average molecular weight is 237 g/mol. The normalized spacial score (nSPS) is 10.6. The van der Waals surface area contributed by atoms with E-state index in [2.05, 4.69) is 9.97 Å². The maximum Gasteiger partial charge on any atom is 0.328 e. The molecule has 0 aromatic carbocycles. The number of aromatic amines is 1. The van der Waals surface area contributed by atoms with E-state index in [1.165, 1.54) is 15.9 Å². The van der Waals surface area contributed by atoms with Gasteiger partial charge in [-0.15, -0.1) is 11.3 Å². The Balaban J connectivity index is 2.39. The van der Waals surface area contributed by atoms with Crippen molar-refractivity contribution in [1.29, 1.82) is 0 Å². The van der Waals surface area contributed by atoms with Crippen molar-refractivity contribution in [2.45, 2.75) is 20.4 Å². The molecular formula is C10H11N3O2S. The third kappa shape index (κ3) is 2.11. The number of nitrogens with zero attached hydrogens (tertiary/aromatic N) is 2. The van der Waals surface area contributed by atoms with E-state index in [0.29, 0.717) is 12.1 Å². The lowest BCUT2D eigenvalue weighted by Gasteiger charge is -2.02. The first-order valence-electron chi connectivity index (χ1n) is 4.77. The molecule has 5 nitrogen and oxygen atoms in total. The highest BCUT2D eigenvalue weighted by Gasteiger charge is 2.04. The van der Waals surface area contributed by atoms with Gasteiger partial charge in [-0.2, -0.15) is 0 Å². The van der Waals surface area contributed by atoms with Crippen molar-refractivity contribution in [2.75, 3.05) is 0 Å². The Hall–Kier alpha value is -1.69. The molecule has 0 aliphatic rings. The minimum absolute atomic E-state index is 0.337. The van der Waals surface area contributed by atoms with Crippen LogP contribution in [0, 0.1) is 13.8 Å². The van der Waals surface area contributed by atoms with Crippen molar-refractivity contribution in [3.05, 3.63) is 48.7 Å². The molecule has 0 saturated heterocycles. The van der Waals surface area contributed by atoms with Crippen molar-refractivity contribution in [3.63, 3.8) is 0 Å². The van der Waals surface area contributed by atoms with Crippen molar-refractivity contribution < 1.29 is 0 Å². The molecule has 2 aromatic rings. The molecule has 0 bridgehead atoms. The molecule has 0 spiro atoms. The van der Waals surface area contributed by atoms with Crippen LogP contribution in [0.15, 0.2) is 21.2 Å². The van der Waals surface area contributed by atoms with Crippen LogP contribution < -0.4 is 11.2 Å². The van der Waals surface area contributed by atoms with Gasteiger partial charge in [0, 0.05) is 22.8 Å². The third-order valence-electron chi connectivity index (χ3n) is 2.16. The molecule has 2 aromatic heterocycles. The van der Waals surface area contributed by atoms with Gasteiger partial charge in [0.05, 0.1) is 6.54 Å². The van der Waals surface area contributed by atoms with Gasteiger partial charge in [-0.3, -0.25) is 14.3 Å². The largest absolute Gasteiger partial charge is 0.328 e. The van der Waals surface area contributed by atoms with Crippen LogP contribution in [0.25, 0.3) is 0 Å². The predicted octanol–water partition coefficient (Wildman–Crippen LogP) is 0.658. The minimum Gasteiger partial charge on any atom is -0.293 e. The van der Waals surface area contributed by atoms with Gasteiger partial charge in [0.25, 0.3) is 5.56 Å². The molecule has 0 radical (unpaired) electrons. The number of aryl methyl sites for hydroxylation is 2. The van der Waals surface area contributed by atoms with Gasteiger partial charge in [-0.05, 0) is 13.8 Å². The highest BCUT2D eigenvalue weighted by molar-refractivity contribution is 7.09. The standard InChI is InChI=1S/C10H11N3O2S/c1-6-3-13(10(15)12-9(6)14)4-8-11-7(2)5-16-8/h3,5H,4H2,1-2H3,(H,12,14,15). The molecule has 0 fully saturated rings. The quantitative estimate of drug-likeness (QED) is 0.834. The number of thiazole rings is 1. The molecule has 1 N–H and O–H groups in total. The number of hydrogen-bond acceptors (Lipinski definition) is 4. The summed E-state index contributed by atoms with van der Waals surface area (Å²) in [5, 5.41) is 2.78. The molecule has 16 heavy (non-hydrogen) atoms. The molecule has 0 aliphatic carbocycles. The van der Waals surface area contributed by atoms with Crippen LogP contribution in [0.5, 0.6) is 0 Å². The molecule has 6 heteroatoms. The Labute approximate surface area is 95.4 Å². The molecule has 0 atom stereocenters. The Morgan fingerprint density at radius 2 is 2.19 bits per heavy atom. The Morgan fingerprint density at radius 1 is 1.44 bits per heavy atom. The Kier molecular flexibility index (Phi) is 2.74. The van der Waals surface area contributed by atoms with E-state index in [1.54, 1.807) is 13.1 Å². The minimum atomic E-state index is -0.400. The monoisotopic (exact) mass is 237 g/mol. The summed E-state index contributed by atoms with van der Waals surface area (Å²) in [6.45, 7) is 3.97. The summed E-state index contributed by atoms with van der Waals surface area (Å²) < 4.78 is 1.45. The SMILES string of the molecule is Cc1csc(Cn2cc(C)c(=O)[nH]c2=O)n1. The van der Waals surface area contributed by atoms with Gasteiger partial charge in [0.2, 0.25) is 0 Å². The van der Waals surface area contributed by atoms with Crippen molar-refractivity contribution >= 4 is 11.3 Å². The van der Waals surface area contributed by atoms with Crippen LogP contribution in [-0.4, -0.2) is 14.5 Å². The summed E-state index contributed by atoms with van der Waals surface area (Å²) in [6, 6.07) is 0. The molecular weight excluding hydrogens is 226 g/mol. The third-order valence-corrected chi connectivity index (χ3v) is 3.11. The molecule has 2 rings (SSSR count). The summed E-state index contributed by atoms with van der Waals surface area (Å²) in [4.78, 5) is 29.2. The van der Waals surface area contributed by atoms with Gasteiger partial charge < -0.3 is 0 Å². The number of nitrogens with one attached hydrogen (secondary N) is 1. The summed E-state index contributed by atoms with van der Waals surface area (Å²) in [7, 11) is 0. The Bertz CT molecular complexity index is 623. The lowest BCUT2D eigenvalue weighted by atomic mass is 10.4. The highest BCUT2D eigenvalue weighted by atomic mass is 32.1. The van der Waals surface area contributed by atoms with Crippen molar-refractivity contribution in [1.82, 2.24) is 14.5 Å². The molecule has 0 saturated carbocycles. The second-order valence-electron chi connectivity index (χ2n) is 3.58. The van der Waals surface area contributed by atoms with Crippen LogP contribution in [0.4, 0.5) is 0 Å². The van der Waals surface area contributed by atoms with E-state index in [-0.39, 0.29) is 5.56 Å². The van der Waals surface area contributed by atoms with Gasteiger partial charge in [-0.1, -0.05) is 0 Å². The van der Waals surface area contributed by atoms with Gasteiger partial charge in [-0.25, -0.2) is 9.78 Å². The summed E-state index contributed by atoms with van der Waals surface area (Å²) in [5.41, 5.74) is 0.724. The second-order valence-corrected chi connectivity index (χ2v) is 4.52. The maximum atomic E-state index is 11.5. The van der Waals surface area contributed by atoms with E-state index in [4.69, 9.17) is 0 Å². The lowest BCUT2D eigenvalue weighted by molar-refractivity contribution is 0.708. The van der Waals surface area contributed by atoms with Crippen LogP contribution in [0.3, 0.4) is 0 Å². The lowest BCUT2D eigenvalue weighted by Crippen LogP contribution is -2.31. The second kappa shape index (κ2) is 4.05. The first-order valence-corrected chi connectivity index (χ1v) is 5.65. The number of aromatic nitrogens is 3. The van der Waals surface area contributed by atoms with E-state index in [0.717, 1.165) is 10.7 Å². The maximum absolute atomic E-state index is 11.5. The van der Waals surface area contributed by atoms with Crippen molar-refractivity contribution in [3.8, 4) is 0 Å². The number of hydrogen-bond donors (Lipinski definition) is 1. The van der Waals surface area contributed by atoms with Crippen LogP contribution in [0.1, 0.15) is 16.3 Å². The zero-order chi connectivity index (χ0) is 11.7. The van der Waals surface area contributed by atoms with E-state index >= 15 is 0 Å². The highest BCUT2D eigenvalue weighted by Crippen LogP contribution is 2.09. The van der Waals surface area contributed by atoms with Crippen LogP contribution in [-0.2, 0) is 6.54 Å². The number of H-pyrrole nitrogens is 1. The zero-order valence-corrected chi connectivity index (χ0v) is 9.80. The molecule has 2 heterocycles. The molecule has 84 valence electrons. The summed E-state index contributed by atoms with van der Waals surface area (Å²) in [6.07, 6.45) is 1.55. The first-order chi connectivity index (χ1) is 7.56. The fourth-order valence-corrected chi connectivity index (χ4v) is 2.13. The first kappa shape index (κ1) is 10.8. The molecule has 0 unspecified atom stereocenters. The van der Waals surface area contributed by atoms with E-state index in [9.17, 15) is 9.59 Å². The Morgan fingerprint density at radius 3 is 2.81 bits per heavy atom. The van der Waals surface area contributed by atoms with Gasteiger partial charge in [0.15, 0.2) is 0 Å². The average Bonchev–Trinajstić information content (AvgIpc) is 2.60. The van der Waals surface area contributed by atoms with Crippen LogP contribution in [0.2, 0.25) is 0 Å². The smallest absolute Gasteiger partial charge is 0.293 e. The van der Waals surface area contributed by atoms with Gasteiger partial charge in [0.1, 0.15) is 5.01 Å². The fraction of sp³-hybridized carbons (Fsp3) is 0.300.